The summed E-state index contributed by atoms with van der Waals surface area (Å²) >= 11 is 0. The molecule has 10 rings (SSSR count). The van der Waals surface area contributed by atoms with Crippen molar-refractivity contribution in [1.29, 1.82) is 0 Å². The Morgan fingerprint density at radius 3 is 1.50 bits per heavy atom. The molecule has 0 unspecified atom stereocenters. The second kappa shape index (κ2) is 14.4. The van der Waals surface area contributed by atoms with E-state index in [1.54, 1.807) is 0 Å². The fraction of sp³-hybridized carbons (Fsp3) is 0. The van der Waals surface area contributed by atoms with Crippen LogP contribution in [0.25, 0.3) is 77.6 Å². The smallest absolute Gasteiger partial charge is 0.137 e. The van der Waals surface area contributed by atoms with Crippen molar-refractivity contribution in [2.24, 2.45) is 0 Å². The van der Waals surface area contributed by atoms with Gasteiger partial charge in [-0.1, -0.05) is 176 Å². The number of hydrogen-bond donors (Lipinski definition) is 0. The average Bonchev–Trinajstić information content (AvgIpc) is 3.66. The minimum Gasteiger partial charge on any atom is -0.456 e. The Bertz CT molecular complexity index is 2950. The van der Waals surface area contributed by atoms with Crippen molar-refractivity contribution in [1.82, 2.24) is 0 Å². The first-order chi connectivity index (χ1) is 27.8. The van der Waals surface area contributed by atoms with Crippen molar-refractivity contribution in [3.8, 4) is 55.6 Å². The lowest BCUT2D eigenvalue weighted by molar-refractivity contribution is 0.669. The van der Waals surface area contributed by atoms with Crippen molar-refractivity contribution >= 4 is 39.0 Å². The van der Waals surface area contributed by atoms with Crippen LogP contribution >= 0.6 is 0 Å². The number of anilines is 3. The number of fused-ring (bicyclic) bond motifs is 3. The molecule has 0 aliphatic heterocycles. The van der Waals surface area contributed by atoms with Gasteiger partial charge in [-0.25, -0.2) is 0 Å². The number of hydrogen-bond acceptors (Lipinski definition) is 2. The summed E-state index contributed by atoms with van der Waals surface area (Å²) in [4.78, 5) is 2.39. The van der Waals surface area contributed by atoms with Gasteiger partial charge in [-0.2, -0.15) is 0 Å². The minimum atomic E-state index is 0.855. The van der Waals surface area contributed by atoms with Gasteiger partial charge in [-0.05, 0) is 92.5 Å². The zero-order valence-electron chi connectivity index (χ0n) is 30.7. The third-order valence-corrected chi connectivity index (χ3v) is 10.7. The van der Waals surface area contributed by atoms with E-state index in [2.05, 4.69) is 217 Å². The quantitative estimate of drug-likeness (QED) is 0.156. The molecule has 264 valence electrons. The molecule has 0 fully saturated rings. The van der Waals surface area contributed by atoms with E-state index in [1.165, 1.54) is 27.8 Å². The van der Waals surface area contributed by atoms with Crippen LogP contribution in [0.3, 0.4) is 0 Å². The Kier molecular flexibility index (Phi) is 8.55. The van der Waals surface area contributed by atoms with E-state index in [0.717, 1.165) is 66.8 Å². The fourth-order valence-corrected chi connectivity index (χ4v) is 8.03. The van der Waals surface area contributed by atoms with E-state index in [-0.39, 0.29) is 0 Å². The molecule has 0 bridgehead atoms. The summed E-state index contributed by atoms with van der Waals surface area (Å²) in [6.45, 7) is 0. The van der Waals surface area contributed by atoms with E-state index in [4.69, 9.17) is 4.42 Å². The summed E-state index contributed by atoms with van der Waals surface area (Å²) in [7, 11) is 0. The zero-order valence-corrected chi connectivity index (χ0v) is 30.7. The highest BCUT2D eigenvalue weighted by Gasteiger charge is 2.23. The number of benzene rings is 9. The van der Waals surface area contributed by atoms with E-state index in [0.29, 0.717) is 0 Å². The summed E-state index contributed by atoms with van der Waals surface area (Å²) in [6.07, 6.45) is 0. The Morgan fingerprint density at radius 2 is 0.786 bits per heavy atom. The first-order valence-electron chi connectivity index (χ1n) is 19.1. The molecule has 0 atom stereocenters. The van der Waals surface area contributed by atoms with Crippen LogP contribution in [0.4, 0.5) is 17.1 Å². The number of nitrogens with zero attached hydrogens (tertiary/aromatic N) is 1. The molecule has 9 aromatic carbocycles. The van der Waals surface area contributed by atoms with E-state index < -0.39 is 0 Å². The fourth-order valence-electron chi connectivity index (χ4n) is 8.03. The van der Waals surface area contributed by atoms with E-state index in [9.17, 15) is 0 Å². The van der Waals surface area contributed by atoms with Gasteiger partial charge in [0.2, 0.25) is 0 Å². The SMILES string of the molecule is c1ccc(-c2cccc(-c3ccc(N(c4ccc5c(c4)oc4ccccc45)c4cccc(-c5ccccc5)c4-c4ccccc4-c4ccccc4)cc3)c2)cc1. The van der Waals surface area contributed by atoms with Crippen LogP contribution in [0.1, 0.15) is 0 Å². The summed E-state index contributed by atoms with van der Waals surface area (Å²) in [5, 5.41) is 2.22. The maximum absolute atomic E-state index is 6.50. The summed E-state index contributed by atoms with van der Waals surface area (Å²) in [5.74, 6) is 0. The largest absolute Gasteiger partial charge is 0.456 e. The first kappa shape index (κ1) is 33.2. The van der Waals surface area contributed by atoms with Crippen LogP contribution < -0.4 is 4.90 Å². The first-order valence-corrected chi connectivity index (χ1v) is 19.1. The number of rotatable bonds is 8. The van der Waals surface area contributed by atoms with Gasteiger partial charge in [0, 0.05) is 33.8 Å². The molecular weight excluding hydrogens is 679 g/mol. The maximum atomic E-state index is 6.50. The molecule has 0 radical (unpaired) electrons. The Morgan fingerprint density at radius 1 is 0.286 bits per heavy atom. The molecule has 0 aliphatic carbocycles. The van der Waals surface area contributed by atoms with Gasteiger partial charge in [0.05, 0.1) is 5.69 Å². The zero-order chi connectivity index (χ0) is 37.3. The van der Waals surface area contributed by atoms with Crippen LogP contribution in [0.15, 0.2) is 229 Å². The molecule has 2 nitrogen and oxygen atoms in total. The molecule has 0 saturated heterocycles. The van der Waals surface area contributed by atoms with Crippen LogP contribution in [-0.4, -0.2) is 0 Å². The van der Waals surface area contributed by atoms with Gasteiger partial charge in [-0.3, -0.25) is 0 Å². The Balaban J connectivity index is 1.20. The van der Waals surface area contributed by atoms with E-state index in [1.807, 2.05) is 12.1 Å². The summed E-state index contributed by atoms with van der Waals surface area (Å²) in [6, 6.07) is 80.1. The van der Waals surface area contributed by atoms with Crippen LogP contribution in [0.5, 0.6) is 0 Å². The van der Waals surface area contributed by atoms with Crippen LogP contribution in [0, 0.1) is 0 Å². The number of para-hydroxylation sites is 1. The summed E-state index contributed by atoms with van der Waals surface area (Å²) < 4.78 is 6.50. The number of furan rings is 1. The summed E-state index contributed by atoms with van der Waals surface area (Å²) in [5.41, 5.74) is 16.6. The molecule has 10 aromatic rings. The molecule has 56 heavy (non-hydrogen) atoms. The van der Waals surface area contributed by atoms with Gasteiger partial charge in [0.15, 0.2) is 0 Å². The monoisotopic (exact) mass is 715 g/mol. The standard InChI is InChI=1S/C54H37NO/c1-4-16-38(17-5-1)42-22-14-23-43(36-42)39-30-32-44(33-31-39)55(45-34-35-49-48-25-12-13-29-52(48)56-53(49)37-45)51-28-15-27-47(41-20-8-3-9-21-41)54(51)50-26-11-10-24-46(50)40-18-6-2-7-19-40/h1-37H. The van der Waals surface area contributed by atoms with Crippen LogP contribution in [0.2, 0.25) is 0 Å². The lowest BCUT2D eigenvalue weighted by atomic mass is 9.87. The second-order valence-corrected chi connectivity index (χ2v) is 14.1. The van der Waals surface area contributed by atoms with Gasteiger partial charge in [0.25, 0.3) is 0 Å². The highest BCUT2D eigenvalue weighted by atomic mass is 16.3. The van der Waals surface area contributed by atoms with Gasteiger partial charge in [0.1, 0.15) is 11.2 Å². The Hall–Kier alpha value is -7.42. The van der Waals surface area contributed by atoms with Crippen LogP contribution in [-0.2, 0) is 0 Å². The lowest BCUT2D eigenvalue weighted by Gasteiger charge is -2.30. The average molecular weight is 716 g/mol. The molecule has 1 aromatic heterocycles. The third-order valence-electron chi connectivity index (χ3n) is 10.7. The highest BCUT2D eigenvalue weighted by Crippen LogP contribution is 2.48. The Labute approximate surface area is 327 Å². The maximum Gasteiger partial charge on any atom is 0.137 e. The lowest BCUT2D eigenvalue weighted by Crippen LogP contribution is -2.12. The van der Waals surface area contributed by atoms with Crippen molar-refractivity contribution in [2.45, 2.75) is 0 Å². The van der Waals surface area contributed by atoms with Crippen molar-refractivity contribution in [2.75, 3.05) is 4.90 Å². The molecule has 0 amide bonds. The normalized spacial score (nSPS) is 11.2. The molecule has 0 spiro atoms. The van der Waals surface area contributed by atoms with Gasteiger partial charge >= 0.3 is 0 Å². The predicted octanol–water partition coefficient (Wildman–Crippen LogP) is 15.4. The molecule has 1 heterocycles. The minimum absolute atomic E-state index is 0.855. The van der Waals surface area contributed by atoms with Crippen molar-refractivity contribution in [3.63, 3.8) is 0 Å². The van der Waals surface area contributed by atoms with Gasteiger partial charge < -0.3 is 9.32 Å². The molecule has 2 heteroatoms. The van der Waals surface area contributed by atoms with Crippen molar-refractivity contribution < 1.29 is 4.42 Å². The van der Waals surface area contributed by atoms with Gasteiger partial charge in [-0.15, -0.1) is 0 Å². The topological polar surface area (TPSA) is 16.4 Å². The molecular formula is C54H37NO. The third kappa shape index (κ3) is 6.14. The van der Waals surface area contributed by atoms with Crippen molar-refractivity contribution in [3.05, 3.63) is 224 Å². The van der Waals surface area contributed by atoms with E-state index >= 15 is 0 Å². The molecule has 0 aliphatic rings. The molecule has 0 saturated carbocycles. The molecule has 0 N–H and O–H groups in total. The highest BCUT2D eigenvalue weighted by molar-refractivity contribution is 6.07. The predicted molar refractivity (Wildman–Crippen MR) is 236 cm³/mol. The second-order valence-electron chi connectivity index (χ2n) is 14.1.